The van der Waals surface area contributed by atoms with Crippen LogP contribution in [0.3, 0.4) is 0 Å². The predicted molar refractivity (Wildman–Crippen MR) is 68.3 cm³/mol. The van der Waals surface area contributed by atoms with Gasteiger partial charge in [0.1, 0.15) is 5.65 Å². The maximum atomic E-state index is 11.9. The Morgan fingerprint density at radius 2 is 2.50 bits per heavy atom. The maximum Gasteiger partial charge on any atom is 0.226 e. The summed E-state index contributed by atoms with van der Waals surface area (Å²) in [7, 11) is 0. The molecule has 5 heteroatoms. The number of amides is 1. The van der Waals surface area contributed by atoms with Crippen LogP contribution in [0.2, 0.25) is 0 Å². The van der Waals surface area contributed by atoms with E-state index in [1.165, 1.54) is 0 Å². The molecule has 1 amide bonds. The Morgan fingerprint density at radius 1 is 1.56 bits per heavy atom. The number of carbonyl (C=O) groups excluding carboxylic acids is 1. The average molecular weight is 244 g/mol. The van der Waals surface area contributed by atoms with Crippen LogP contribution >= 0.6 is 0 Å². The van der Waals surface area contributed by atoms with E-state index in [1.54, 1.807) is 0 Å². The van der Waals surface area contributed by atoms with E-state index in [0.717, 1.165) is 30.9 Å². The molecule has 0 aromatic carbocycles. The first-order valence-electron chi connectivity index (χ1n) is 6.24. The molecule has 1 saturated heterocycles. The molecule has 5 nitrogen and oxygen atoms in total. The standard InChI is InChI=1S/C13H16N4O/c18-13(16-10-4-5-14-8-10)7-11-9-17-6-2-1-3-12(17)15-11/h1-3,6,9-10,14H,4-5,7-8H2,(H,16,18). The molecule has 2 aromatic heterocycles. The number of fused-ring (bicyclic) bond motifs is 1. The largest absolute Gasteiger partial charge is 0.352 e. The quantitative estimate of drug-likeness (QED) is 0.819. The van der Waals surface area contributed by atoms with Gasteiger partial charge in [-0.3, -0.25) is 4.79 Å². The van der Waals surface area contributed by atoms with Crippen LogP contribution in [0.25, 0.3) is 5.65 Å². The van der Waals surface area contributed by atoms with Gasteiger partial charge in [-0.25, -0.2) is 4.98 Å². The fourth-order valence-corrected chi connectivity index (χ4v) is 2.29. The molecule has 1 fully saturated rings. The van der Waals surface area contributed by atoms with Crippen LogP contribution < -0.4 is 10.6 Å². The number of pyridine rings is 1. The van der Waals surface area contributed by atoms with Crippen LogP contribution in [0.1, 0.15) is 12.1 Å². The van der Waals surface area contributed by atoms with Crippen molar-refractivity contribution in [3.63, 3.8) is 0 Å². The third-order valence-electron chi connectivity index (χ3n) is 3.18. The molecule has 2 N–H and O–H groups in total. The van der Waals surface area contributed by atoms with Gasteiger partial charge in [0, 0.05) is 25.0 Å². The van der Waals surface area contributed by atoms with E-state index in [-0.39, 0.29) is 11.9 Å². The Balaban J connectivity index is 1.66. The molecule has 1 atom stereocenters. The summed E-state index contributed by atoms with van der Waals surface area (Å²) in [5.41, 5.74) is 1.69. The van der Waals surface area contributed by atoms with Gasteiger partial charge >= 0.3 is 0 Å². The molecule has 1 aliphatic rings. The van der Waals surface area contributed by atoms with Gasteiger partial charge in [-0.1, -0.05) is 6.07 Å². The van der Waals surface area contributed by atoms with Crippen LogP contribution in [0.15, 0.2) is 30.6 Å². The summed E-state index contributed by atoms with van der Waals surface area (Å²) in [6.45, 7) is 1.86. The highest BCUT2D eigenvalue weighted by molar-refractivity contribution is 5.78. The highest BCUT2D eigenvalue weighted by Crippen LogP contribution is 2.05. The summed E-state index contributed by atoms with van der Waals surface area (Å²) in [5.74, 6) is 0.0482. The van der Waals surface area contributed by atoms with E-state index < -0.39 is 0 Å². The Labute approximate surface area is 105 Å². The van der Waals surface area contributed by atoms with Gasteiger partial charge in [-0.2, -0.15) is 0 Å². The lowest BCUT2D eigenvalue weighted by molar-refractivity contribution is -0.121. The number of hydrogen-bond acceptors (Lipinski definition) is 3. The van der Waals surface area contributed by atoms with Crippen molar-refractivity contribution in [2.45, 2.75) is 18.9 Å². The zero-order valence-electron chi connectivity index (χ0n) is 10.1. The lowest BCUT2D eigenvalue weighted by atomic mass is 10.2. The number of nitrogens with one attached hydrogen (secondary N) is 2. The van der Waals surface area contributed by atoms with E-state index in [1.807, 2.05) is 35.0 Å². The molecular formula is C13H16N4O. The van der Waals surface area contributed by atoms with Crippen molar-refractivity contribution in [2.75, 3.05) is 13.1 Å². The fourth-order valence-electron chi connectivity index (χ4n) is 2.29. The first kappa shape index (κ1) is 11.2. The highest BCUT2D eigenvalue weighted by Gasteiger charge is 2.17. The molecule has 0 aliphatic carbocycles. The lowest BCUT2D eigenvalue weighted by Crippen LogP contribution is -2.37. The van der Waals surface area contributed by atoms with Crippen molar-refractivity contribution in [3.8, 4) is 0 Å². The fraction of sp³-hybridized carbons (Fsp3) is 0.385. The zero-order valence-corrected chi connectivity index (χ0v) is 10.1. The van der Waals surface area contributed by atoms with Gasteiger partial charge in [0.25, 0.3) is 0 Å². The molecule has 2 aromatic rings. The second-order valence-corrected chi connectivity index (χ2v) is 4.63. The van der Waals surface area contributed by atoms with Crippen LogP contribution in [-0.2, 0) is 11.2 Å². The Morgan fingerprint density at radius 3 is 3.28 bits per heavy atom. The molecule has 0 spiro atoms. The van der Waals surface area contributed by atoms with Crippen LogP contribution in [0.4, 0.5) is 0 Å². The molecule has 0 radical (unpaired) electrons. The first-order chi connectivity index (χ1) is 8.81. The van der Waals surface area contributed by atoms with Crippen molar-refractivity contribution in [2.24, 2.45) is 0 Å². The van der Waals surface area contributed by atoms with Gasteiger partial charge in [-0.05, 0) is 25.1 Å². The van der Waals surface area contributed by atoms with Gasteiger partial charge in [0.15, 0.2) is 0 Å². The van der Waals surface area contributed by atoms with Crippen LogP contribution in [-0.4, -0.2) is 34.4 Å². The topological polar surface area (TPSA) is 58.4 Å². The van der Waals surface area contributed by atoms with Crippen molar-refractivity contribution < 1.29 is 4.79 Å². The summed E-state index contributed by atoms with van der Waals surface area (Å²) in [5, 5.41) is 6.25. The zero-order chi connectivity index (χ0) is 12.4. The molecule has 1 aliphatic heterocycles. The van der Waals surface area contributed by atoms with Gasteiger partial charge in [0.05, 0.1) is 12.1 Å². The molecule has 94 valence electrons. The third-order valence-corrected chi connectivity index (χ3v) is 3.18. The smallest absolute Gasteiger partial charge is 0.226 e. The van der Waals surface area contributed by atoms with E-state index in [4.69, 9.17) is 0 Å². The molecular weight excluding hydrogens is 228 g/mol. The highest BCUT2D eigenvalue weighted by atomic mass is 16.1. The Kier molecular flexibility index (Phi) is 2.98. The summed E-state index contributed by atoms with van der Waals surface area (Å²) >= 11 is 0. The second kappa shape index (κ2) is 4.78. The number of hydrogen-bond donors (Lipinski definition) is 2. The molecule has 0 saturated carbocycles. The predicted octanol–water partition coefficient (Wildman–Crippen LogP) is 0.355. The SMILES string of the molecule is O=C(Cc1cn2ccccc2n1)NC1CCNC1. The van der Waals surface area contributed by atoms with Crippen molar-refractivity contribution >= 4 is 11.6 Å². The summed E-state index contributed by atoms with van der Waals surface area (Å²) in [4.78, 5) is 16.3. The van der Waals surface area contributed by atoms with E-state index in [2.05, 4.69) is 15.6 Å². The van der Waals surface area contributed by atoms with E-state index >= 15 is 0 Å². The maximum absolute atomic E-state index is 11.9. The summed E-state index contributed by atoms with van der Waals surface area (Å²) in [6, 6.07) is 6.09. The summed E-state index contributed by atoms with van der Waals surface area (Å²) < 4.78 is 1.93. The van der Waals surface area contributed by atoms with Crippen molar-refractivity contribution in [1.82, 2.24) is 20.0 Å². The number of nitrogens with zero attached hydrogens (tertiary/aromatic N) is 2. The number of carbonyl (C=O) groups is 1. The lowest BCUT2D eigenvalue weighted by Gasteiger charge is -2.09. The van der Waals surface area contributed by atoms with Gasteiger partial charge in [0.2, 0.25) is 5.91 Å². The Bertz CT molecular complexity index is 524. The van der Waals surface area contributed by atoms with E-state index in [0.29, 0.717) is 6.42 Å². The first-order valence-corrected chi connectivity index (χ1v) is 6.24. The minimum Gasteiger partial charge on any atom is -0.352 e. The average Bonchev–Trinajstić information content (AvgIpc) is 2.96. The molecule has 0 bridgehead atoms. The number of aromatic nitrogens is 2. The molecule has 18 heavy (non-hydrogen) atoms. The van der Waals surface area contributed by atoms with Crippen LogP contribution in [0.5, 0.6) is 0 Å². The van der Waals surface area contributed by atoms with Gasteiger partial charge in [-0.15, -0.1) is 0 Å². The Hall–Kier alpha value is -1.88. The molecule has 3 rings (SSSR count). The van der Waals surface area contributed by atoms with E-state index in [9.17, 15) is 4.79 Å². The second-order valence-electron chi connectivity index (χ2n) is 4.63. The normalized spacial score (nSPS) is 19.2. The minimum absolute atomic E-state index is 0.0482. The number of rotatable bonds is 3. The minimum atomic E-state index is 0.0482. The monoisotopic (exact) mass is 244 g/mol. The molecule has 1 unspecified atom stereocenters. The molecule has 3 heterocycles. The van der Waals surface area contributed by atoms with Crippen LogP contribution in [0, 0.1) is 0 Å². The van der Waals surface area contributed by atoms with Crippen molar-refractivity contribution in [3.05, 3.63) is 36.3 Å². The summed E-state index contributed by atoms with van der Waals surface area (Å²) in [6.07, 6.45) is 5.20. The third kappa shape index (κ3) is 2.36. The van der Waals surface area contributed by atoms with Gasteiger partial charge < -0.3 is 15.0 Å². The number of imidazole rings is 1. The van der Waals surface area contributed by atoms with Crippen molar-refractivity contribution in [1.29, 1.82) is 0 Å².